The van der Waals surface area contributed by atoms with E-state index in [4.69, 9.17) is 9.47 Å². The molecule has 0 spiro atoms. The molecule has 1 fully saturated rings. The number of pyridine rings is 1. The summed E-state index contributed by atoms with van der Waals surface area (Å²) >= 11 is 0. The normalized spacial score (nSPS) is 24.2. The van der Waals surface area contributed by atoms with Crippen molar-refractivity contribution >= 4 is 11.8 Å². The Bertz CT molecular complexity index is 577. The molecule has 0 saturated carbocycles. The average molecular weight is 291 g/mol. The number of aromatic nitrogens is 1. The molecule has 0 N–H and O–H groups in total. The number of carbonyl (C=O) groups excluding carboxylic acids is 2. The van der Waals surface area contributed by atoms with Gasteiger partial charge in [-0.05, 0) is 12.1 Å². The molecule has 0 aliphatic carbocycles. The van der Waals surface area contributed by atoms with Crippen molar-refractivity contribution in [2.24, 2.45) is 0 Å². The molecule has 1 saturated heterocycles. The minimum atomic E-state index is -0.268. The summed E-state index contributed by atoms with van der Waals surface area (Å²) in [6, 6.07) is 3.24. The fourth-order valence-electron chi connectivity index (χ4n) is 2.79. The zero-order valence-corrected chi connectivity index (χ0v) is 12.0. The van der Waals surface area contributed by atoms with Crippen molar-refractivity contribution in [2.45, 2.75) is 12.1 Å². The maximum atomic E-state index is 12.5. The zero-order chi connectivity index (χ0) is 15.0. The predicted octanol–water partition coefficient (Wildman–Crippen LogP) is -0.228. The molecule has 0 bridgehead atoms. The third-order valence-electron chi connectivity index (χ3n) is 3.94. The molecule has 2 aliphatic heterocycles. The molecule has 0 unspecified atom stereocenters. The molecule has 2 aliphatic rings. The van der Waals surface area contributed by atoms with Gasteiger partial charge >= 0.3 is 0 Å². The number of ether oxygens (including phenoxy) is 2. The van der Waals surface area contributed by atoms with E-state index in [-0.39, 0.29) is 30.6 Å². The summed E-state index contributed by atoms with van der Waals surface area (Å²) < 4.78 is 10.7. The van der Waals surface area contributed by atoms with E-state index >= 15 is 0 Å². The number of nitrogens with zero attached hydrogens (tertiary/aromatic N) is 3. The summed E-state index contributed by atoms with van der Waals surface area (Å²) in [5, 5.41) is 0. The van der Waals surface area contributed by atoms with Crippen LogP contribution in [0.2, 0.25) is 0 Å². The second-order valence-electron chi connectivity index (χ2n) is 5.23. The molecule has 2 atom stereocenters. The van der Waals surface area contributed by atoms with E-state index in [1.54, 1.807) is 35.2 Å². The molecule has 112 valence electrons. The van der Waals surface area contributed by atoms with Crippen molar-refractivity contribution in [3.05, 3.63) is 23.9 Å². The standard InChI is InChI=1S/C14H17N3O4/c1-16-10-6-17(12(18)8-20-2)7-11(10)21-13-9(14(16)19)4-3-5-15-13/h3-5,10-11H,6-8H2,1-2H3/t10-,11+/m1/s1. The summed E-state index contributed by atoms with van der Waals surface area (Å²) in [5.41, 5.74) is 0.462. The Morgan fingerprint density at radius 1 is 1.52 bits per heavy atom. The highest BCUT2D eigenvalue weighted by Crippen LogP contribution is 2.28. The van der Waals surface area contributed by atoms with Gasteiger partial charge in [-0.1, -0.05) is 0 Å². The Balaban J connectivity index is 1.86. The lowest BCUT2D eigenvalue weighted by Crippen LogP contribution is -2.44. The van der Waals surface area contributed by atoms with Crippen LogP contribution in [0.4, 0.5) is 0 Å². The molecule has 7 nitrogen and oxygen atoms in total. The molecular formula is C14H17N3O4. The molecule has 3 heterocycles. The first-order valence-electron chi connectivity index (χ1n) is 6.77. The zero-order valence-electron chi connectivity index (χ0n) is 12.0. The Labute approximate surface area is 122 Å². The molecule has 0 aromatic carbocycles. The van der Waals surface area contributed by atoms with Gasteiger partial charge in [0, 0.05) is 26.9 Å². The highest BCUT2D eigenvalue weighted by Gasteiger charge is 2.43. The number of carbonyl (C=O) groups is 2. The fraction of sp³-hybridized carbons (Fsp3) is 0.500. The van der Waals surface area contributed by atoms with E-state index in [2.05, 4.69) is 4.98 Å². The average Bonchev–Trinajstić information content (AvgIpc) is 2.87. The molecular weight excluding hydrogens is 274 g/mol. The molecule has 21 heavy (non-hydrogen) atoms. The highest BCUT2D eigenvalue weighted by molar-refractivity contribution is 5.97. The predicted molar refractivity (Wildman–Crippen MR) is 73.0 cm³/mol. The number of rotatable bonds is 2. The third-order valence-corrected chi connectivity index (χ3v) is 3.94. The monoisotopic (exact) mass is 291 g/mol. The van der Waals surface area contributed by atoms with Crippen LogP contribution < -0.4 is 4.74 Å². The van der Waals surface area contributed by atoms with Crippen molar-refractivity contribution in [3.8, 4) is 5.88 Å². The third kappa shape index (κ3) is 2.33. The van der Waals surface area contributed by atoms with Gasteiger partial charge in [0.15, 0.2) is 0 Å². The summed E-state index contributed by atoms with van der Waals surface area (Å²) in [4.78, 5) is 31.8. The Morgan fingerprint density at radius 3 is 3.10 bits per heavy atom. The van der Waals surface area contributed by atoms with E-state index in [0.29, 0.717) is 24.5 Å². The van der Waals surface area contributed by atoms with Gasteiger partial charge in [-0.3, -0.25) is 9.59 Å². The number of amides is 2. The number of likely N-dealkylation sites (tertiary alicyclic amines) is 1. The van der Waals surface area contributed by atoms with Crippen molar-refractivity contribution in [2.75, 3.05) is 33.9 Å². The van der Waals surface area contributed by atoms with Crippen LogP contribution in [-0.4, -0.2) is 72.6 Å². The minimum absolute atomic E-state index is 0.0337. The number of methoxy groups -OCH3 is 1. The van der Waals surface area contributed by atoms with Crippen molar-refractivity contribution < 1.29 is 19.1 Å². The van der Waals surface area contributed by atoms with E-state index in [1.807, 2.05) is 0 Å². The second-order valence-corrected chi connectivity index (χ2v) is 5.23. The van der Waals surface area contributed by atoms with Crippen LogP contribution in [0, 0.1) is 0 Å². The van der Waals surface area contributed by atoms with E-state index in [1.165, 1.54) is 7.11 Å². The van der Waals surface area contributed by atoms with Crippen LogP contribution in [0.25, 0.3) is 0 Å². The van der Waals surface area contributed by atoms with E-state index < -0.39 is 0 Å². The maximum absolute atomic E-state index is 12.5. The van der Waals surface area contributed by atoms with Gasteiger partial charge in [0.05, 0.1) is 12.6 Å². The number of likely N-dealkylation sites (N-methyl/N-ethyl adjacent to an activating group) is 1. The number of hydrogen-bond acceptors (Lipinski definition) is 5. The smallest absolute Gasteiger partial charge is 0.259 e. The topological polar surface area (TPSA) is 72.0 Å². The Kier molecular flexibility index (Phi) is 3.50. The van der Waals surface area contributed by atoms with Gasteiger partial charge < -0.3 is 19.3 Å². The lowest BCUT2D eigenvalue weighted by Gasteiger charge is -2.24. The van der Waals surface area contributed by atoms with Gasteiger partial charge in [0.25, 0.3) is 5.91 Å². The Hall–Kier alpha value is -2.15. The number of fused-ring (bicyclic) bond motifs is 2. The van der Waals surface area contributed by atoms with Crippen molar-refractivity contribution in [3.63, 3.8) is 0 Å². The summed E-state index contributed by atoms with van der Waals surface area (Å²) in [7, 11) is 3.22. The maximum Gasteiger partial charge on any atom is 0.259 e. The SMILES string of the molecule is COCC(=O)N1C[C@@H]2Oc3ncccc3C(=O)N(C)[C@@H]2C1. The van der Waals surface area contributed by atoms with Crippen LogP contribution in [0.1, 0.15) is 10.4 Å². The van der Waals surface area contributed by atoms with Gasteiger partial charge in [-0.15, -0.1) is 0 Å². The van der Waals surface area contributed by atoms with Crippen LogP contribution in [-0.2, 0) is 9.53 Å². The lowest BCUT2D eigenvalue weighted by molar-refractivity contribution is -0.134. The molecule has 0 radical (unpaired) electrons. The first-order valence-corrected chi connectivity index (χ1v) is 6.77. The second kappa shape index (κ2) is 5.33. The number of hydrogen-bond donors (Lipinski definition) is 0. The van der Waals surface area contributed by atoms with Crippen LogP contribution >= 0.6 is 0 Å². The lowest BCUT2D eigenvalue weighted by atomic mass is 10.2. The molecule has 1 aromatic heterocycles. The molecule has 2 amide bonds. The summed E-state index contributed by atoms with van der Waals surface area (Å²) in [5.74, 6) is 0.103. The molecule has 3 rings (SSSR count). The fourth-order valence-corrected chi connectivity index (χ4v) is 2.79. The summed E-state index contributed by atoms with van der Waals surface area (Å²) in [6.45, 7) is 0.912. The molecule has 7 heteroatoms. The first kappa shape index (κ1) is 13.8. The molecule has 1 aromatic rings. The summed E-state index contributed by atoms with van der Waals surface area (Å²) in [6.07, 6.45) is 1.32. The Morgan fingerprint density at radius 2 is 2.33 bits per heavy atom. The highest BCUT2D eigenvalue weighted by atomic mass is 16.5. The van der Waals surface area contributed by atoms with Gasteiger partial charge in [0.1, 0.15) is 18.3 Å². The van der Waals surface area contributed by atoms with E-state index in [9.17, 15) is 9.59 Å². The largest absolute Gasteiger partial charge is 0.470 e. The first-order chi connectivity index (χ1) is 10.1. The van der Waals surface area contributed by atoms with Crippen molar-refractivity contribution in [1.29, 1.82) is 0 Å². The van der Waals surface area contributed by atoms with Gasteiger partial charge in [0.2, 0.25) is 11.8 Å². The van der Waals surface area contributed by atoms with Gasteiger partial charge in [-0.25, -0.2) is 4.98 Å². The van der Waals surface area contributed by atoms with Crippen molar-refractivity contribution in [1.82, 2.24) is 14.8 Å². The van der Waals surface area contributed by atoms with Crippen LogP contribution in [0.3, 0.4) is 0 Å². The van der Waals surface area contributed by atoms with Crippen LogP contribution in [0.5, 0.6) is 5.88 Å². The minimum Gasteiger partial charge on any atom is -0.470 e. The quantitative estimate of drug-likeness (QED) is 0.753. The van der Waals surface area contributed by atoms with Crippen LogP contribution in [0.15, 0.2) is 18.3 Å². The van der Waals surface area contributed by atoms with E-state index in [0.717, 1.165) is 0 Å². The van der Waals surface area contributed by atoms with Gasteiger partial charge in [-0.2, -0.15) is 0 Å².